The van der Waals surface area contributed by atoms with Crippen LogP contribution in [0.4, 0.5) is 0 Å². The Bertz CT molecular complexity index is 921. The van der Waals surface area contributed by atoms with Gasteiger partial charge in [-0.2, -0.15) is 0 Å². The standard InChI is InChI=1S/C25H32Cl2N2O2S/c1-5-23(25(31)28-13-17(2)3)29(14-19-8-6-7-18(4)11-19)24(30)16-32-15-20-9-10-21(26)12-22(20)27/h6-12,17,23H,5,13-16H2,1-4H3,(H,28,31)/t23-/m0/s1. The maximum Gasteiger partial charge on any atom is 0.242 e. The molecule has 7 heteroatoms. The van der Waals surface area contributed by atoms with Crippen molar-refractivity contribution in [1.29, 1.82) is 0 Å². The van der Waals surface area contributed by atoms with Crippen LogP contribution in [-0.4, -0.2) is 35.1 Å². The lowest BCUT2D eigenvalue weighted by Gasteiger charge is -2.31. The molecule has 0 aliphatic heterocycles. The predicted octanol–water partition coefficient (Wildman–Crippen LogP) is 6.11. The predicted molar refractivity (Wildman–Crippen MR) is 136 cm³/mol. The summed E-state index contributed by atoms with van der Waals surface area (Å²) in [4.78, 5) is 27.9. The Morgan fingerprint density at radius 2 is 1.88 bits per heavy atom. The van der Waals surface area contributed by atoms with Gasteiger partial charge in [0.1, 0.15) is 6.04 Å². The highest BCUT2D eigenvalue weighted by Gasteiger charge is 2.28. The van der Waals surface area contributed by atoms with E-state index in [-0.39, 0.29) is 17.6 Å². The smallest absolute Gasteiger partial charge is 0.242 e. The number of nitrogens with one attached hydrogen (secondary N) is 1. The van der Waals surface area contributed by atoms with Crippen molar-refractivity contribution in [3.63, 3.8) is 0 Å². The van der Waals surface area contributed by atoms with Crippen LogP contribution in [0, 0.1) is 12.8 Å². The summed E-state index contributed by atoms with van der Waals surface area (Å²) in [5.74, 6) is 1.04. The van der Waals surface area contributed by atoms with Crippen molar-refractivity contribution in [2.24, 2.45) is 5.92 Å². The molecule has 174 valence electrons. The first-order chi connectivity index (χ1) is 15.2. The monoisotopic (exact) mass is 494 g/mol. The molecular weight excluding hydrogens is 463 g/mol. The highest BCUT2D eigenvalue weighted by molar-refractivity contribution is 7.99. The number of nitrogens with zero attached hydrogens (tertiary/aromatic N) is 1. The van der Waals surface area contributed by atoms with Gasteiger partial charge in [-0.15, -0.1) is 11.8 Å². The van der Waals surface area contributed by atoms with E-state index in [1.807, 2.05) is 38.1 Å². The molecule has 4 nitrogen and oxygen atoms in total. The van der Waals surface area contributed by atoms with Crippen molar-refractivity contribution in [3.8, 4) is 0 Å². The zero-order valence-corrected chi connectivity index (χ0v) is 21.5. The average Bonchev–Trinajstić information content (AvgIpc) is 2.73. The second-order valence-corrected chi connectivity index (χ2v) is 10.1. The van der Waals surface area contributed by atoms with Gasteiger partial charge in [-0.3, -0.25) is 9.59 Å². The highest BCUT2D eigenvalue weighted by Crippen LogP contribution is 2.25. The van der Waals surface area contributed by atoms with Gasteiger partial charge in [-0.25, -0.2) is 0 Å². The molecule has 0 aromatic heterocycles. The zero-order chi connectivity index (χ0) is 23.7. The summed E-state index contributed by atoms with van der Waals surface area (Å²) in [7, 11) is 0. The van der Waals surface area contributed by atoms with Crippen molar-refractivity contribution in [2.75, 3.05) is 12.3 Å². The van der Waals surface area contributed by atoms with Crippen LogP contribution >= 0.6 is 35.0 Å². The molecule has 0 fully saturated rings. The first-order valence-corrected chi connectivity index (χ1v) is 12.8. The van der Waals surface area contributed by atoms with Crippen LogP contribution in [-0.2, 0) is 21.9 Å². The molecule has 0 heterocycles. The number of carbonyl (C=O) groups is 2. The van der Waals surface area contributed by atoms with Crippen molar-refractivity contribution in [2.45, 2.75) is 52.5 Å². The van der Waals surface area contributed by atoms with Gasteiger partial charge in [0.15, 0.2) is 0 Å². The summed E-state index contributed by atoms with van der Waals surface area (Å²) in [5.41, 5.74) is 3.07. The van der Waals surface area contributed by atoms with E-state index in [1.165, 1.54) is 11.8 Å². The Balaban J connectivity index is 2.14. The second kappa shape index (κ2) is 13.1. The molecule has 2 aromatic carbocycles. The lowest BCUT2D eigenvalue weighted by Crippen LogP contribution is -2.50. The van der Waals surface area contributed by atoms with Crippen molar-refractivity contribution < 1.29 is 9.59 Å². The molecule has 1 N–H and O–H groups in total. The van der Waals surface area contributed by atoms with Crippen LogP contribution in [0.3, 0.4) is 0 Å². The third-order valence-corrected chi connectivity index (χ3v) is 6.56. The Morgan fingerprint density at radius 1 is 1.12 bits per heavy atom. The van der Waals surface area contributed by atoms with Crippen LogP contribution in [0.25, 0.3) is 0 Å². The number of thioether (sulfide) groups is 1. The van der Waals surface area contributed by atoms with Gasteiger partial charge in [0.25, 0.3) is 0 Å². The van der Waals surface area contributed by atoms with E-state index < -0.39 is 6.04 Å². The minimum atomic E-state index is -0.513. The molecule has 2 rings (SSSR count). The maximum absolute atomic E-state index is 13.3. The minimum Gasteiger partial charge on any atom is -0.354 e. The van der Waals surface area contributed by atoms with Crippen LogP contribution in [0.5, 0.6) is 0 Å². The molecule has 32 heavy (non-hydrogen) atoms. The van der Waals surface area contributed by atoms with E-state index in [9.17, 15) is 9.59 Å². The van der Waals surface area contributed by atoms with Gasteiger partial charge in [0.2, 0.25) is 11.8 Å². The minimum absolute atomic E-state index is 0.0619. The summed E-state index contributed by atoms with van der Waals surface area (Å²) in [6.45, 7) is 9.05. The van der Waals surface area contributed by atoms with Gasteiger partial charge < -0.3 is 10.2 Å². The van der Waals surface area contributed by atoms with Crippen molar-refractivity contribution in [1.82, 2.24) is 10.2 Å². The number of aryl methyl sites for hydroxylation is 1. The Kier molecular flexibility index (Phi) is 10.9. The Morgan fingerprint density at radius 3 is 2.50 bits per heavy atom. The normalized spacial score (nSPS) is 12.0. The van der Waals surface area contributed by atoms with E-state index in [4.69, 9.17) is 23.2 Å². The van der Waals surface area contributed by atoms with Gasteiger partial charge in [-0.05, 0) is 42.5 Å². The maximum atomic E-state index is 13.3. The SMILES string of the molecule is CC[C@@H](C(=O)NCC(C)C)N(Cc1cccc(C)c1)C(=O)CSCc1ccc(Cl)cc1Cl. The zero-order valence-electron chi connectivity index (χ0n) is 19.2. The molecule has 0 saturated carbocycles. The number of hydrogen-bond donors (Lipinski definition) is 1. The second-order valence-electron chi connectivity index (χ2n) is 8.30. The fourth-order valence-electron chi connectivity index (χ4n) is 3.32. The number of rotatable bonds is 11. The Labute approximate surface area is 206 Å². The Hall–Kier alpha value is -1.69. The van der Waals surface area contributed by atoms with Gasteiger partial charge in [0.05, 0.1) is 5.75 Å². The molecule has 2 amide bonds. The summed E-state index contributed by atoms with van der Waals surface area (Å²) >= 11 is 13.7. The van der Waals surface area contributed by atoms with Crippen LogP contribution < -0.4 is 5.32 Å². The number of carbonyl (C=O) groups excluding carboxylic acids is 2. The number of amides is 2. The molecule has 0 bridgehead atoms. The largest absolute Gasteiger partial charge is 0.354 e. The molecule has 0 spiro atoms. The van der Waals surface area contributed by atoms with E-state index in [1.54, 1.807) is 17.0 Å². The topological polar surface area (TPSA) is 49.4 Å². The lowest BCUT2D eigenvalue weighted by atomic mass is 10.1. The lowest BCUT2D eigenvalue weighted by molar-refractivity contribution is -0.139. The first kappa shape index (κ1) is 26.6. The van der Waals surface area contributed by atoms with Gasteiger partial charge >= 0.3 is 0 Å². The molecular formula is C25H32Cl2N2O2S. The average molecular weight is 496 g/mol. The first-order valence-electron chi connectivity index (χ1n) is 10.9. The summed E-state index contributed by atoms with van der Waals surface area (Å²) in [5, 5.41) is 4.17. The fourth-order valence-corrected chi connectivity index (χ4v) is 4.79. The van der Waals surface area contributed by atoms with Crippen molar-refractivity contribution in [3.05, 3.63) is 69.2 Å². The molecule has 1 atom stereocenters. The van der Waals surface area contributed by atoms with E-state index in [2.05, 4.69) is 25.2 Å². The molecule has 0 aliphatic carbocycles. The van der Waals surface area contributed by atoms with Crippen molar-refractivity contribution >= 4 is 46.8 Å². The summed E-state index contributed by atoms with van der Waals surface area (Å²) in [6.07, 6.45) is 0.551. The van der Waals surface area contributed by atoms with E-state index in [0.717, 1.165) is 16.7 Å². The summed E-state index contributed by atoms with van der Waals surface area (Å²) in [6, 6.07) is 12.9. The third kappa shape index (κ3) is 8.34. The van der Waals surface area contributed by atoms with Crippen LogP contribution in [0.2, 0.25) is 10.0 Å². The number of halogens is 2. The van der Waals surface area contributed by atoms with Crippen LogP contribution in [0.15, 0.2) is 42.5 Å². The summed E-state index contributed by atoms with van der Waals surface area (Å²) < 4.78 is 0. The molecule has 0 radical (unpaired) electrons. The molecule has 0 unspecified atom stereocenters. The number of benzene rings is 2. The van der Waals surface area contributed by atoms with E-state index >= 15 is 0 Å². The quantitative estimate of drug-likeness (QED) is 0.409. The van der Waals surface area contributed by atoms with E-state index in [0.29, 0.717) is 41.2 Å². The van der Waals surface area contributed by atoms with Gasteiger partial charge in [0, 0.05) is 28.9 Å². The fraction of sp³-hybridized carbons (Fsp3) is 0.440. The van der Waals surface area contributed by atoms with Gasteiger partial charge in [-0.1, -0.05) is 79.9 Å². The number of hydrogen-bond acceptors (Lipinski definition) is 3. The highest BCUT2D eigenvalue weighted by atomic mass is 35.5. The molecule has 2 aromatic rings. The third-order valence-electron chi connectivity index (χ3n) is 5.00. The molecule has 0 saturated heterocycles. The molecule has 0 aliphatic rings. The van der Waals surface area contributed by atoms with Crippen LogP contribution in [0.1, 0.15) is 43.9 Å².